The summed E-state index contributed by atoms with van der Waals surface area (Å²) in [6.07, 6.45) is -0.230. The molecule has 1 saturated heterocycles. The Balaban J connectivity index is 1.59. The maximum absolute atomic E-state index is 12.5. The van der Waals surface area contributed by atoms with Gasteiger partial charge >= 0.3 is 12.1 Å². The molecule has 0 aliphatic carbocycles. The average Bonchev–Trinajstić information content (AvgIpc) is 3.02. The van der Waals surface area contributed by atoms with Gasteiger partial charge < -0.3 is 14.8 Å². The summed E-state index contributed by atoms with van der Waals surface area (Å²) in [6, 6.07) is 18.0. The van der Waals surface area contributed by atoms with Gasteiger partial charge in [-0.05, 0) is 42.4 Å². The molecule has 2 aromatic carbocycles. The molecule has 6 nitrogen and oxygen atoms in total. The Morgan fingerprint density at radius 1 is 1.07 bits per heavy atom. The lowest BCUT2D eigenvalue weighted by Gasteiger charge is -2.18. The second kappa shape index (κ2) is 9.11. The van der Waals surface area contributed by atoms with Gasteiger partial charge in [0.05, 0.1) is 6.61 Å². The van der Waals surface area contributed by atoms with E-state index in [-0.39, 0.29) is 25.0 Å². The second-order valence-electron chi connectivity index (χ2n) is 8.32. The third-order valence-electron chi connectivity index (χ3n) is 5.20. The Morgan fingerprint density at radius 2 is 1.70 bits per heavy atom. The van der Waals surface area contributed by atoms with Gasteiger partial charge in [0.25, 0.3) is 0 Å². The SMILES string of the molecule is CC(C)COC(=O)OC(=O)[C@]1(C)C[C@@H](Cc2ccc(-c3ccccc3)cc2)NC1=O. The van der Waals surface area contributed by atoms with Crippen molar-refractivity contribution in [2.45, 2.75) is 39.7 Å². The molecule has 30 heavy (non-hydrogen) atoms. The Kier molecular flexibility index (Phi) is 6.55. The predicted molar refractivity (Wildman–Crippen MR) is 113 cm³/mol. The molecule has 6 heteroatoms. The van der Waals surface area contributed by atoms with Gasteiger partial charge in [0.1, 0.15) is 5.41 Å². The zero-order chi connectivity index (χ0) is 21.7. The van der Waals surface area contributed by atoms with E-state index in [0.717, 1.165) is 16.7 Å². The first-order valence-corrected chi connectivity index (χ1v) is 10.1. The van der Waals surface area contributed by atoms with Crippen molar-refractivity contribution < 1.29 is 23.9 Å². The number of hydrogen-bond acceptors (Lipinski definition) is 5. The first kappa shape index (κ1) is 21.6. The van der Waals surface area contributed by atoms with Crippen LogP contribution in [0.3, 0.4) is 0 Å². The largest absolute Gasteiger partial charge is 0.516 e. The summed E-state index contributed by atoms with van der Waals surface area (Å²) in [4.78, 5) is 36.6. The number of benzene rings is 2. The lowest BCUT2D eigenvalue weighted by Crippen LogP contribution is -2.38. The summed E-state index contributed by atoms with van der Waals surface area (Å²) in [5, 5.41) is 2.85. The number of esters is 1. The molecule has 158 valence electrons. The summed E-state index contributed by atoms with van der Waals surface area (Å²) < 4.78 is 9.63. The van der Waals surface area contributed by atoms with Crippen LogP contribution in [0.1, 0.15) is 32.8 Å². The van der Waals surface area contributed by atoms with Gasteiger partial charge in [0, 0.05) is 6.04 Å². The Morgan fingerprint density at radius 3 is 2.33 bits per heavy atom. The fourth-order valence-electron chi connectivity index (χ4n) is 3.48. The zero-order valence-electron chi connectivity index (χ0n) is 17.5. The molecule has 2 atom stereocenters. The molecule has 2 aromatic rings. The summed E-state index contributed by atoms with van der Waals surface area (Å²) in [6.45, 7) is 5.39. The number of carbonyl (C=O) groups excluding carboxylic acids is 3. The Hall–Kier alpha value is -3.15. The van der Waals surface area contributed by atoms with E-state index in [0.29, 0.717) is 6.42 Å². The molecule has 0 radical (unpaired) electrons. The topological polar surface area (TPSA) is 81.7 Å². The standard InChI is InChI=1S/C24H27NO5/c1-16(2)15-29-23(28)30-22(27)24(3)14-20(25-21(24)26)13-17-9-11-19(12-10-17)18-7-5-4-6-8-18/h4-12,16,20H,13-15H2,1-3H3,(H,25,26)/t20-,24-/m1/s1. The zero-order valence-corrected chi connectivity index (χ0v) is 17.5. The lowest BCUT2D eigenvalue weighted by molar-refractivity contribution is -0.154. The summed E-state index contributed by atoms with van der Waals surface area (Å²) in [5.41, 5.74) is 1.89. The molecule has 1 N–H and O–H groups in total. The fraction of sp³-hybridized carbons (Fsp3) is 0.375. The number of rotatable bonds is 6. The van der Waals surface area contributed by atoms with Crippen molar-refractivity contribution in [1.29, 1.82) is 0 Å². The van der Waals surface area contributed by atoms with Crippen LogP contribution in [0.15, 0.2) is 54.6 Å². The molecular formula is C24H27NO5. The smallest absolute Gasteiger partial charge is 0.434 e. The van der Waals surface area contributed by atoms with E-state index in [2.05, 4.69) is 17.4 Å². The van der Waals surface area contributed by atoms with Gasteiger partial charge in [-0.15, -0.1) is 0 Å². The number of amides is 1. The minimum absolute atomic E-state index is 0.121. The van der Waals surface area contributed by atoms with Crippen molar-refractivity contribution in [2.75, 3.05) is 6.61 Å². The van der Waals surface area contributed by atoms with Gasteiger partial charge in [-0.2, -0.15) is 0 Å². The quantitative estimate of drug-likeness (QED) is 0.573. The highest BCUT2D eigenvalue weighted by Crippen LogP contribution is 2.33. The van der Waals surface area contributed by atoms with Crippen molar-refractivity contribution in [1.82, 2.24) is 5.32 Å². The van der Waals surface area contributed by atoms with Crippen LogP contribution in [0.25, 0.3) is 11.1 Å². The van der Waals surface area contributed by atoms with E-state index in [9.17, 15) is 14.4 Å². The van der Waals surface area contributed by atoms with Crippen molar-refractivity contribution in [3.63, 3.8) is 0 Å². The molecule has 1 amide bonds. The van der Waals surface area contributed by atoms with Gasteiger partial charge in [-0.1, -0.05) is 68.4 Å². The lowest BCUT2D eigenvalue weighted by atomic mass is 9.86. The minimum atomic E-state index is -1.41. The van der Waals surface area contributed by atoms with Crippen LogP contribution in [0.5, 0.6) is 0 Å². The van der Waals surface area contributed by atoms with Gasteiger partial charge in [0.2, 0.25) is 5.91 Å². The molecule has 1 aliphatic rings. The van der Waals surface area contributed by atoms with Gasteiger partial charge in [0.15, 0.2) is 0 Å². The van der Waals surface area contributed by atoms with Crippen LogP contribution in [-0.2, 0) is 25.5 Å². The van der Waals surface area contributed by atoms with Crippen LogP contribution in [0.2, 0.25) is 0 Å². The number of nitrogens with one attached hydrogen (secondary N) is 1. The maximum Gasteiger partial charge on any atom is 0.516 e. The second-order valence-corrected chi connectivity index (χ2v) is 8.32. The van der Waals surface area contributed by atoms with Gasteiger partial charge in [-0.25, -0.2) is 4.79 Å². The number of hydrogen-bond donors (Lipinski definition) is 1. The van der Waals surface area contributed by atoms with Crippen molar-refractivity contribution in [2.24, 2.45) is 11.3 Å². The maximum atomic E-state index is 12.5. The van der Waals surface area contributed by atoms with E-state index in [1.54, 1.807) is 0 Å². The Labute approximate surface area is 176 Å². The van der Waals surface area contributed by atoms with Crippen LogP contribution in [0, 0.1) is 11.3 Å². The average molecular weight is 409 g/mol. The Bertz CT molecular complexity index is 907. The summed E-state index contributed by atoms with van der Waals surface area (Å²) in [5.74, 6) is -1.19. The van der Waals surface area contributed by atoms with Crippen molar-refractivity contribution in [3.05, 3.63) is 60.2 Å². The molecule has 0 bridgehead atoms. The molecule has 0 aromatic heterocycles. The molecule has 0 spiro atoms. The van der Waals surface area contributed by atoms with E-state index in [1.807, 2.05) is 56.3 Å². The van der Waals surface area contributed by atoms with Crippen LogP contribution < -0.4 is 5.32 Å². The van der Waals surface area contributed by atoms with Crippen molar-refractivity contribution >= 4 is 18.0 Å². The monoisotopic (exact) mass is 409 g/mol. The van der Waals surface area contributed by atoms with Gasteiger partial charge in [-0.3, -0.25) is 9.59 Å². The number of carbonyl (C=O) groups is 3. The van der Waals surface area contributed by atoms with Crippen LogP contribution in [0.4, 0.5) is 4.79 Å². The van der Waals surface area contributed by atoms with E-state index in [1.165, 1.54) is 6.92 Å². The highest BCUT2D eigenvalue weighted by Gasteiger charge is 2.51. The molecule has 1 fully saturated rings. The molecule has 3 rings (SSSR count). The first-order chi connectivity index (χ1) is 14.3. The molecule has 1 heterocycles. The molecule has 0 unspecified atom stereocenters. The molecular weight excluding hydrogens is 382 g/mol. The van der Waals surface area contributed by atoms with E-state index >= 15 is 0 Å². The summed E-state index contributed by atoms with van der Waals surface area (Å²) >= 11 is 0. The predicted octanol–water partition coefficient (Wildman–Crippen LogP) is 4.13. The van der Waals surface area contributed by atoms with E-state index in [4.69, 9.17) is 9.47 Å². The number of ether oxygens (including phenoxy) is 2. The highest BCUT2D eigenvalue weighted by atomic mass is 16.7. The first-order valence-electron chi connectivity index (χ1n) is 10.1. The van der Waals surface area contributed by atoms with Crippen LogP contribution in [-0.4, -0.2) is 30.7 Å². The highest BCUT2D eigenvalue weighted by molar-refractivity contribution is 6.06. The fourth-order valence-corrected chi connectivity index (χ4v) is 3.48. The van der Waals surface area contributed by atoms with E-state index < -0.39 is 23.4 Å². The third-order valence-corrected chi connectivity index (χ3v) is 5.20. The normalized spacial score (nSPS) is 20.7. The summed E-state index contributed by atoms with van der Waals surface area (Å²) in [7, 11) is 0. The minimum Gasteiger partial charge on any atom is -0.434 e. The molecule has 1 aliphatic heterocycles. The third kappa shape index (κ3) is 5.06. The molecule has 0 saturated carbocycles. The van der Waals surface area contributed by atoms with Crippen molar-refractivity contribution in [3.8, 4) is 11.1 Å². The van der Waals surface area contributed by atoms with Crippen LogP contribution >= 0.6 is 0 Å².